The number of phenolic OH excluding ortho intramolecular Hbond substituents is 1. The highest BCUT2D eigenvalue weighted by molar-refractivity contribution is 6.17. The van der Waals surface area contributed by atoms with Crippen LogP contribution < -0.4 is 0 Å². The van der Waals surface area contributed by atoms with Crippen LogP contribution in [0.5, 0.6) is 5.75 Å². The molecule has 8 heteroatoms. The minimum absolute atomic E-state index is 0.0267. The summed E-state index contributed by atoms with van der Waals surface area (Å²) in [4.78, 5) is 0. The van der Waals surface area contributed by atoms with Crippen LogP contribution in [-0.4, -0.2) is 5.11 Å². The van der Waals surface area contributed by atoms with Gasteiger partial charge < -0.3 is 5.11 Å². The highest BCUT2D eigenvalue weighted by Gasteiger charge is 2.39. The second-order valence-corrected chi connectivity index (χ2v) is 3.43. The summed E-state index contributed by atoms with van der Waals surface area (Å²) in [7, 11) is 0. The minimum Gasteiger partial charge on any atom is -0.507 e. The van der Waals surface area contributed by atoms with E-state index in [1.165, 1.54) is 0 Å². The number of rotatable bonds is 1. The molecule has 0 saturated heterocycles. The molecule has 1 aromatic carbocycles. The van der Waals surface area contributed by atoms with Gasteiger partial charge in [0.1, 0.15) is 11.3 Å². The second-order valence-electron chi connectivity index (χ2n) is 3.16. The summed E-state index contributed by atoms with van der Waals surface area (Å²) in [5, 5.41) is 9.02. The van der Waals surface area contributed by atoms with E-state index in [9.17, 15) is 26.3 Å². The smallest absolute Gasteiger partial charge is 0.420 e. The maximum atomic E-state index is 12.4. The number of hydrogen-bond donors (Lipinski definition) is 1. The van der Waals surface area contributed by atoms with Gasteiger partial charge in [0, 0.05) is 5.88 Å². The Morgan fingerprint density at radius 2 is 1.53 bits per heavy atom. The standard InChI is InChI=1S/C9H5ClF6O/c10-3-4-1-5(8(11,12)13)2-6(17)7(4)9(14,15)16/h1-2,17H,3H2. The van der Waals surface area contributed by atoms with Crippen LogP contribution in [0.15, 0.2) is 12.1 Å². The van der Waals surface area contributed by atoms with Crippen molar-refractivity contribution in [1.82, 2.24) is 0 Å². The molecule has 0 atom stereocenters. The van der Waals surface area contributed by atoms with Crippen molar-refractivity contribution < 1.29 is 31.4 Å². The number of halogens is 7. The van der Waals surface area contributed by atoms with Gasteiger partial charge in [-0.3, -0.25) is 0 Å². The van der Waals surface area contributed by atoms with E-state index >= 15 is 0 Å². The van der Waals surface area contributed by atoms with Gasteiger partial charge in [-0.05, 0) is 17.7 Å². The van der Waals surface area contributed by atoms with Gasteiger partial charge in [-0.2, -0.15) is 26.3 Å². The van der Waals surface area contributed by atoms with E-state index in [-0.39, 0.29) is 12.1 Å². The number of alkyl halides is 7. The largest absolute Gasteiger partial charge is 0.507 e. The van der Waals surface area contributed by atoms with Crippen LogP contribution in [0.1, 0.15) is 16.7 Å². The fraction of sp³-hybridized carbons (Fsp3) is 0.333. The van der Waals surface area contributed by atoms with Crippen molar-refractivity contribution in [3.8, 4) is 5.75 Å². The summed E-state index contributed by atoms with van der Waals surface area (Å²) in [6.07, 6.45) is -9.80. The Labute approximate surface area is 96.6 Å². The first kappa shape index (κ1) is 14.0. The highest BCUT2D eigenvalue weighted by Crippen LogP contribution is 2.42. The van der Waals surface area contributed by atoms with Gasteiger partial charge in [0.2, 0.25) is 0 Å². The molecule has 1 N–H and O–H groups in total. The average molecular weight is 279 g/mol. The predicted molar refractivity (Wildman–Crippen MR) is 47.7 cm³/mol. The molecule has 0 aliphatic heterocycles. The Kier molecular flexibility index (Phi) is 3.52. The van der Waals surface area contributed by atoms with Gasteiger partial charge in [-0.25, -0.2) is 0 Å². The van der Waals surface area contributed by atoms with E-state index in [1.807, 2.05) is 0 Å². The normalized spacial score (nSPS) is 12.9. The van der Waals surface area contributed by atoms with E-state index in [4.69, 9.17) is 16.7 Å². The van der Waals surface area contributed by atoms with Gasteiger partial charge in [-0.1, -0.05) is 0 Å². The van der Waals surface area contributed by atoms with Crippen LogP contribution in [0, 0.1) is 0 Å². The molecule has 1 nitrogen and oxygen atoms in total. The molecule has 0 amide bonds. The summed E-state index contributed by atoms with van der Waals surface area (Å²) in [5.74, 6) is -2.27. The molecular formula is C9H5ClF6O. The number of hydrogen-bond acceptors (Lipinski definition) is 1. The van der Waals surface area contributed by atoms with Gasteiger partial charge in [0.15, 0.2) is 0 Å². The van der Waals surface area contributed by atoms with Crippen LogP contribution in [0.3, 0.4) is 0 Å². The first-order valence-corrected chi connectivity index (χ1v) is 4.67. The van der Waals surface area contributed by atoms with Gasteiger partial charge in [-0.15, -0.1) is 11.6 Å². The first-order chi connectivity index (χ1) is 7.57. The Balaban J connectivity index is 3.47. The highest BCUT2D eigenvalue weighted by atomic mass is 35.5. The third-order valence-corrected chi connectivity index (χ3v) is 2.24. The topological polar surface area (TPSA) is 20.2 Å². The Morgan fingerprint density at radius 1 is 1.00 bits per heavy atom. The molecule has 0 spiro atoms. The Bertz CT molecular complexity index is 423. The molecule has 0 saturated carbocycles. The van der Waals surface area contributed by atoms with Crippen molar-refractivity contribution in [2.75, 3.05) is 0 Å². The third kappa shape index (κ3) is 2.96. The Hall–Kier alpha value is -1.11. The summed E-state index contributed by atoms with van der Waals surface area (Å²) < 4.78 is 74.1. The summed E-state index contributed by atoms with van der Waals surface area (Å²) >= 11 is 5.15. The molecule has 0 aliphatic rings. The van der Waals surface area contributed by atoms with Crippen molar-refractivity contribution in [2.24, 2.45) is 0 Å². The van der Waals surface area contributed by atoms with Crippen molar-refractivity contribution in [3.63, 3.8) is 0 Å². The van der Waals surface area contributed by atoms with Crippen molar-refractivity contribution in [3.05, 3.63) is 28.8 Å². The van der Waals surface area contributed by atoms with Crippen LogP contribution >= 0.6 is 11.6 Å². The maximum absolute atomic E-state index is 12.4. The molecule has 0 aliphatic carbocycles. The number of phenols is 1. The monoisotopic (exact) mass is 278 g/mol. The summed E-state index contributed by atoms with van der Waals surface area (Å²) in [6, 6.07) is 0.300. The van der Waals surface area contributed by atoms with E-state index in [1.54, 1.807) is 0 Å². The lowest BCUT2D eigenvalue weighted by molar-refractivity contribution is -0.142. The van der Waals surface area contributed by atoms with Crippen LogP contribution in [-0.2, 0) is 18.2 Å². The third-order valence-electron chi connectivity index (χ3n) is 1.95. The van der Waals surface area contributed by atoms with Crippen molar-refractivity contribution in [2.45, 2.75) is 18.2 Å². The minimum atomic E-state index is -4.96. The van der Waals surface area contributed by atoms with Crippen LogP contribution in [0.2, 0.25) is 0 Å². The Morgan fingerprint density at radius 3 is 1.88 bits per heavy atom. The SMILES string of the molecule is Oc1cc(C(F)(F)F)cc(CCl)c1C(F)(F)F. The molecule has 0 aromatic heterocycles. The van der Waals surface area contributed by atoms with E-state index < -0.39 is 40.7 Å². The number of aromatic hydroxyl groups is 1. The number of benzene rings is 1. The molecular weight excluding hydrogens is 274 g/mol. The zero-order chi connectivity index (χ0) is 13.4. The van der Waals surface area contributed by atoms with E-state index in [0.29, 0.717) is 0 Å². The molecule has 0 fully saturated rings. The first-order valence-electron chi connectivity index (χ1n) is 4.13. The van der Waals surface area contributed by atoms with E-state index in [2.05, 4.69) is 0 Å². The summed E-state index contributed by atoms with van der Waals surface area (Å²) in [6.45, 7) is 0. The molecule has 1 rings (SSSR count). The van der Waals surface area contributed by atoms with Crippen molar-refractivity contribution >= 4 is 11.6 Å². The quantitative estimate of drug-likeness (QED) is 0.604. The maximum Gasteiger partial charge on any atom is 0.420 e. The van der Waals surface area contributed by atoms with Gasteiger partial charge in [0.25, 0.3) is 0 Å². The van der Waals surface area contributed by atoms with Crippen LogP contribution in [0.25, 0.3) is 0 Å². The van der Waals surface area contributed by atoms with Gasteiger partial charge in [0.05, 0.1) is 5.56 Å². The molecule has 17 heavy (non-hydrogen) atoms. The van der Waals surface area contributed by atoms with Gasteiger partial charge >= 0.3 is 12.4 Å². The second kappa shape index (κ2) is 4.29. The summed E-state index contributed by atoms with van der Waals surface area (Å²) in [5.41, 5.74) is -3.73. The molecule has 1 aromatic rings. The fourth-order valence-corrected chi connectivity index (χ4v) is 1.49. The molecule has 0 heterocycles. The molecule has 0 bridgehead atoms. The lowest BCUT2D eigenvalue weighted by Gasteiger charge is -2.16. The lowest BCUT2D eigenvalue weighted by Crippen LogP contribution is -2.12. The molecule has 96 valence electrons. The zero-order valence-corrected chi connectivity index (χ0v) is 8.71. The lowest BCUT2D eigenvalue weighted by atomic mass is 10.0. The predicted octanol–water partition coefficient (Wildman–Crippen LogP) is 4.17. The zero-order valence-electron chi connectivity index (χ0n) is 7.95. The van der Waals surface area contributed by atoms with E-state index in [0.717, 1.165) is 0 Å². The average Bonchev–Trinajstić information content (AvgIpc) is 2.12. The molecule has 0 radical (unpaired) electrons. The fourth-order valence-electron chi connectivity index (χ4n) is 1.28. The van der Waals surface area contributed by atoms with Crippen LogP contribution in [0.4, 0.5) is 26.3 Å². The molecule has 0 unspecified atom stereocenters. The van der Waals surface area contributed by atoms with Crippen molar-refractivity contribution in [1.29, 1.82) is 0 Å².